The van der Waals surface area contributed by atoms with Gasteiger partial charge >= 0.3 is 20.3 Å². The van der Waals surface area contributed by atoms with Crippen molar-refractivity contribution in [2.24, 2.45) is 11.5 Å². The quantitative estimate of drug-likeness (QED) is 0.488. The van der Waals surface area contributed by atoms with Gasteiger partial charge in [0.25, 0.3) is 0 Å². The molecule has 0 aliphatic carbocycles. The van der Waals surface area contributed by atoms with Gasteiger partial charge in [-0.3, -0.25) is 9.59 Å². The zero-order chi connectivity index (χ0) is 10.5. The predicted octanol–water partition coefficient (Wildman–Crippen LogP) is -1.46. The van der Waals surface area contributed by atoms with E-state index in [1.807, 2.05) is 5.32 Å². The molecule has 0 aliphatic rings. The molecule has 0 saturated heterocycles. The number of nitrogens with one attached hydrogen (secondary N) is 1. The lowest BCUT2D eigenvalue weighted by Crippen LogP contribution is -2.37. The SMILES string of the molecule is NCCCNC(=O)S(=O)(=O)C(N)=O. The maximum Gasteiger partial charge on any atom is 0.346 e. The molecule has 0 radical (unpaired) electrons. The van der Waals surface area contributed by atoms with Gasteiger partial charge in [-0.2, -0.15) is 0 Å². The lowest BCUT2D eigenvalue weighted by atomic mass is 10.4. The van der Waals surface area contributed by atoms with E-state index in [4.69, 9.17) is 5.73 Å². The third-order valence-electron chi connectivity index (χ3n) is 1.16. The third-order valence-corrected chi connectivity index (χ3v) is 2.32. The standard InChI is InChI=1S/C5H11N3O4S/c6-2-1-3-8-5(10)13(11,12)4(7)9/h1-3,6H2,(H2,7,9)(H,8,10). The second-order valence-electron chi connectivity index (χ2n) is 2.18. The molecule has 8 heteroatoms. The van der Waals surface area contributed by atoms with Gasteiger partial charge in [0.15, 0.2) is 0 Å². The van der Waals surface area contributed by atoms with Crippen LogP contribution in [-0.4, -0.2) is 32.0 Å². The van der Waals surface area contributed by atoms with E-state index in [2.05, 4.69) is 5.73 Å². The summed E-state index contributed by atoms with van der Waals surface area (Å²) in [6, 6.07) is 0. The van der Waals surface area contributed by atoms with E-state index in [1.54, 1.807) is 0 Å². The average molecular weight is 209 g/mol. The van der Waals surface area contributed by atoms with Crippen molar-refractivity contribution in [2.45, 2.75) is 6.42 Å². The van der Waals surface area contributed by atoms with Crippen LogP contribution in [0.4, 0.5) is 9.59 Å². The van der Waals surface area contributed by atoms with Crippen LogP contribution in [0, 0.1) is 0 Å². The van der Waals surface area contributed by atoms with Gasteiger partial charge < -0.3 is 16.8 Å². The van der Waals surface area contributed by atoms with E-state index in [0.29, 0.717) is 13.0 Å². The Morgan fingerprint density at radius 2 is 1.85 bits per heavy atom. The largest absolute Gasteiger partial charge is 0.356 e. The van der Waals surface area contributed by atoms with Gasteiger partial charge in [0, 0.05) is 6.54 Å². The molecule has 0 aromatic carbocycles. The number of primary amides is 1. The Morgan fingerprint density at radius 1 is 1.31 bits per heavy atom. The van der Waals surface area contributed by atoms with Gasteiger partial charge in [0.2, 0.25) is 0 Å². The van der Waals surface area contributed by atoms with Crippen LogP contribution in [0.2, 0.25) is 0 Å². The molecule has 0 rings (SSSR count). The van der Waals surface area contributed by atoms with Crippen molar-refractivity contribution in [3.05, 3.63) is 0 Å². The molecule has 0 spiro atoms. The molecule has 0 aliphatic heterocycles. The molecular weight excluding hydrogens is 198 g/mol. The molecule has 0 heterocycles. The fourth-order valence-electron chi connectivity index (χ4n) is 0.479. The van der Waals surface area contributed by atoms with Gasteiger partial charge in [0.1, 0.15) is 0 Å². The number of sulfone groups is 1. The zero-order valence-electron chi connectivity index (χ0n) is 6.82. The normalized spacial score (nSPS) is 10.8. The average Bonchev–Trinajstić information content (AvgIpc) is 2.04. The van der Waals surface area contributed by atoms with Crippen molar-refractivity contribution < 1.29 is 18.0 Å². The molecule has 13 heavy (non-hydrogen) atoms. The summed E-state index contributed by atoms with van der Waals surface area (Å²) in [5.41, 5.74) is 9.55. The monoisotopic (exact) mass is 209 g/mol. The number of amides is 2. The van der Waals surface area contributed by atoms with Crippen LogP contribution < -0.4 is 16.8 Å². The minimum absolute atomic E-state index is 0.0991. The number of hydrogen-bond acceptors (Lipinski definition) is 5. The molecule has 0 aromatic heterocycles. The fourth-order valence-corrected chi connectivity index (χ4v) is 0.954. The summed E-state index contributed by atoms with van der Waals surface area (Å²) in [6.45, 7) is 0.415. The zero-order valence-corrected chi connectivity index (χ0v) is 7.63. The Morgan fingerprint density at radius 3 is 2.23 bits per heavy atom. The second-order valence-corrected chi connectivity index (χ2v) is 3.96. The van der Waals surface area contributed by atoms with Crippen molar-refractivity contribution in [3.8, 4) is 0 Å². The maximum atomic E-state index is 10.7. The summed E-state index contributed by atoms with van der Waals surface area (Å²) in [4.78, 5) is 21.0. The summed E-state index contributed by atoms with van der Waals surface area (Å²) in [6.07, 6.45) is 0.431. The molecule has 7 nitrogen and oxygen atoms in total. The fraction of sp³-hybridized carbons (Fsp3) is 0.600. The second kappa shape index (κ2) is 4.77. The number of nitrogens with two attached hydrogens (primary N) is 2. The van der Waals surface area contributed by atoms with E-state index in [-0.39, 0.29) is 6.54 Å². The van der Waals surface area contributed by atoms with Gasteiger partial charge in [0.05, 0.1) is 0 Å². The summed E-state index contributed by atoms with van der Waals surface area (Å²) >= 11 is 0. The molecular formula is C5H11N3O4S. The van der Waals surface area contributed by atoms with Gasteiger partial charge in [-0.15, -0.1) is 0 Å². The molecule has 0 fully saturated rings. The van der Waals surface area contributed by atoms with Crippen molar-refractivity contribution in [1.29, 1.82) is 0 Å². The lowest BCUT2D eigenvalue weighted by molar-refractivity contribution is 0.256. The summed E-state index contributed by atoms with van der Waals surface area (Å²) < 4.78 is 21.4. The van der Waals surface area contributed by atoms with E-state index < -0.39 is 20.3 Å². The summed E-state index contributed by atoms with van der Waals surface area (Å²) in [5.74, 6) is 0. The predicted molar refractivity (Wildman–Crippen MR) is 45.6 cm³/mol. The Bertz CT molecular complexity index is 297. The Hall–Kier alpha value is -1.15. The van der Waals surface area contributed by atoms with E-state index in [1.165, 1.54) is 0 Å². The maximum absolute atomic E-state index is 10.7. The van der Waals surface area contributed by atoms with Crippen LogP contribution in [0.15, 0.2) is 0 Å². The van der Waals surface area contributed by atoms with Crippen molar-refractivity contribution in [1.82, 2.24) is 5.32 Å². The highest BCUT2D eigenvalue weighted by Gasteiger charge is 2.28. The summed E-state index contributed by atoms with van der Waals surface area (Å²) in [5, 5.41) is -1.04. The highest BCUT2D eigenvalue weighted by molar-refractivity contribution is 8.18. The number of rotatable bonds is 3. The minimum atomic E-state index is -4.51. The number of carbonyl (C=O) groups excluding carboxylic acids is 2. The molecule has 0 saturated carbocycles. The van der Waals surface area contributed by atoms with E-state index >= 15 is 0 Å². The number of hydrogen-bond donors (Lipinski definition) is 3. The molecule has 76 valence electrons. The van der Waals surface area contributed by atoms with E-state index in [9.17, 15) is 18.0 Å². The molecule has 0 atom stereocenters. The van der Waals surface area contributed by atoms with E-state index in [0.717, 1.165) is 0 Å². The molecule has 0 bridgehead atoms. The van der Waals surface area contributed by atoms with Gasteiger partial charge in [-0.1, -0.05) is 0 Å². The highest BCUT2D eigenvalue weighted by Crippen LogP contribution is 1.91. The first-order valence-electron chi connectivity index (χ1n) is 3.45. The van der Waals surface area contributed by atoms with Gasteiger partial charge in [-0.25, -0.2) is 8.42 Å². The summed E-state index contributed by atoms with van der Waals surface area (Å²) in [7, 11) is -4.51. The van der Waals surface area contributed by atoms with Crippen LogP contribution in [0.25, 0.3) is 0 Å². The molecule has 2 amide bonds. The smallest absolute Gasteiger partial charge is 0.346 e. The lowest BCUT2D eigenvalue weighted by Gasteiger charge is -2.01. The Kier molecular flexibility index (Phi) is 4.35. The van der Waals surface area contributed by atoms with Crippen LogP contribution in [0.1, 0.15) is 6.42 Å². The first-order valence-corrected chi connectivity index (χ1v) is 4.93. The topological polar surface area (TPSA) is 132 Å². The molecule has 0 unspecified atom stereocenters. The van der Waals surface area contributed by atoms with Crippen LogP contribution in [0.3, 0.4) is 0 Å². The Labute approximate surface area is 75.4 Å². The van der Waals surface area contributed by atoms with Gasteiger partial charge in [-0.05, 0) is 13.0 Å². The van der Waals surface area contributed by atoms with Crippen LogP contribution in [0.5, 0.6) is 0 Å². The van der Waals surface area contributed by atoms with Crippen molar-refractivity contribution >= 4 is 20.3 Å². The van der Waals surface area contributed by atoms with Crippen molar-refractivity contribution in [3.63, 3.8) is 0 Å². The molecule has 5 N–H and O–H groups in total. The van der Waals surface area contributed by atoms with Crippen LogP contribution in [-0.2, 0) is 9.84 Å². The number of carbonyl (C=O) groups is 2. The highest BCUT2D eigenvalue weighted by atomic mass is 32.2. The first-order chi connectivity index (χ1) is 5.92. The Balaban J connectivity index is 4.20. The van der Waals surface area contributed by atoms with Crippen LogP contribution >= 0.6 is 0 Å². The third kappa shape index (κ3) is 3.38. The first kappa shape index (κ1) is 11.8. The minimum Gasteiger partial charge on any atom is -0.356 e. The molecule has 0 aromatic rings. The van der Waals surface area contributed by atoms with Crippen molar-refractivity contribution in [2.75, 3.05) is 13.1 Å².